The van der Waals surface area contributed by atoms with Gasteiger partial charge in [0.25, 0.3) is 0 Å². The second kappa shape index (κ2) is 3.76. The molecule has 0 radical (unpaired) electrons. The monoisotopic (exact) mass is 231 g/mol. The zero-order chi connectivity index (χ0) is 12.8. The van der Waals surface area contributed by atoms with E-state index in [0.717, 1.165) is 6.54 Å². The third-order valence-corrected chi connectivity index (χ3v) is 3.61. The van der Waals surface area contributed by atoms with E-state index < -0.39 is 0 Å². The van der Waals surface area contributed by atoms with Gasteiger partial charge in [-0.25, -0.2) is 0 Å². The molecule has 17 heavy (non-hydrogen) atoms. The molecule has 94 valence electrons. The van der Waals surface area contributed by atoms with Crippen molar-refractivity contribution in [1.29, 1.82) is 0 Å². The standard InChI is InChI=1S/C16H25N/c1-15(2,3)12-7-8-13(16(4,5)6)14-11(12)9-10-17-14/h7-8,17H,9-10H2,1-6H3. The summed E-state index contributed by atoms with van der Waals surface area (Å²) < 4.78 is 0. The van der Waals surface area contributed by atoms with Crippen LogP contribution in [0.5, 0.6) is 0 Å². The van der Waals surface area contributed by atoms with E-state index >= 15 is 0 Å². The van der Waals surface area contributed by atoms with Crippen molar-refractivity contribution >= 4 is 5.69 Å². The number of rotatable bonds is 0. The van der Waals surface area contributed by atoms with E-state index in [4.69, 9.17) is 0 Å². The van der Waals surface area contributed by atoms with Gasteiger partial charge in [-0.1, -0.05) is 53.7 Å². The van der Waals surface area contributed by atoms with Gasteiger partial charge in [0.05, 0.1) is 0 Å². The van der Waals surface area contributed by atoms with Gasteiger partial charge in [-0.3, -0.25) is 0 Å². The minimum absolute atomic E-state index is 0.220. The van der Waals surface area contributed by atoms with E-state index in [1.54, 1.807) is 5.56 Å². The third-order valence-electron chi connectivity index (χ3n) is 3.61. The molecule has 0 amide bonds. The Morgan fingerprint density at radius 2 is 1.41 bits per heavy atom. The highest BCUT2D eigenvalue weighted by molar-refractivity contribution is 5.66. The summed E-state index contributed by atoms with van der Waals surface area (Å²) in [5.41, 5.74) is 6.38. The van der Waals surface area contributed by atoms with Crippen LogP contribution in [0, 0.1) is 0 Å². The molecule has 0 unspecified atom stereocenters. The van der Waals surface area contributed by atoms with Crippen LogP contribution in [0.2, 0.25) is 0 Å². The molecule has 2 rings (SSSR count). The summed E-state index contributed by atoms with van der Waals surface area (Å²) in [5.74, 6) is 0. The van der Waals surface area contributed by atoms with E-state index in [2.05, 4.69) is 59.0 Å². The smallest absolute Gasteiger partial charge is 0.0414 e. The van der Waals surface area contributed by atoms with Gasteiger partial charge in [-0.05, 0) is 33.9 Å². The summed E-state index contributed by atoms with van der Waals surface area (Å²) in [5, 5.41) is 3.59. The zero-order valence-corrected chi connectivity index (χ0v) is 12.1. The molecule has 1 aliphatic heterocycles. The maximum absolute atomic E-state index is 3.59. The van der Waals surface area contributed by atoms with E-state index in [1.165, 1.54) is 23.2 Å². The minimum Gasteiger partial charge on any atom is -0.384 e. The summed E-state index contributed by atoms with van der Waals surface area (Å²) in [6.07, 6.45) is 1.17. The van der Waals surface area contributed by atoms with Crippen LogP contribution in [0.25, 0.3) is 0 Å². The number of nitrogens with one attached hydrogen (secondary N) is 1. The SMILES string of the molecule is CC(C)(C)c1ccc(C(C)(C)C)c2c1CCN2. The van der Waals surface area contributed by atoms with Crippen molar-refractivity contribution in [2.24, 2.45) is 0 Å². The molecule has 1 aliphatic rings. The summed E-state index contributed by atoms with van der Waals surface area (Å²) in [6, 6.07) is 4.66. The highest BCUT2D eigenvalue weighted by Crippen LogP contribution is 2.40. The largest absolute Gasteiger partial charge is 0.384 e. The minimum atomic E-state index is 0.220. The van der Waals surface area contributed by atoms with Gasteiger partial charge in [0.15, 0.2) is 0 Å². The molecule has 0 bridgehead atoms. The lowest BCUT2D eigenvalue weighted by Gasteiger charge is -2.28. The summed E-state index contributed by atoms with van der Waals surface area (Å²) in [4.78, 5) is 0. The van der Waals surface area contributed by atoms with Crippen LogP contribution in [0.4, 0.5) is 5.69 Å². The fourth-order valence-electron chi connectivity index (χ4n) is 2.75. The van der Waals surface area contributed by atoms with Gasteiger partial charge in [0.2, 0.25) is 0 Å². The Morgan fingerprint density at radius 3 is 1.94 bits per heavy atom. The van der Waals surface area contributed by atoms with E-state index in [9.17, 15) is 0 Å². The Kier molecular flexibility index (Phi) is 2.76. The van der Waals surface area contributed by atoms with Gasteiger partial charge in [-0.15, -0.1) is 0 Å². The predicted molar refractivity (Wildman–Crippen MR) is 76.0 cm³/mol. The van der Waals surface area contributed by atoms with Gasteiger partial charge < -0.3 is 5.32 Å². The first kappa shape index (κ1) is 12.5. The van der Waals surface area contributed by atoms with Crippen LogP contribution in [0.1, 0.15) is 58.2 Å². The van der Waals surface area contributed by atoms with Crippen molar-refractivity contribution in [3.8, 4) is 0 Å². The Balaban J connectivity index is 2.62. The Bertz CT molecular complexity index is 389. The Hall–Kier alpha value is -0.980. The van der Waals surface area contributed by atoms with Crippen molar-refractivity contribution in [3.05, 3.63) is 28.8 Å². The molecule has 1 heteroatoms. The van der Waals surface area contributed by atoms with Crippen LogP contribution in [-0.4, -0.2) is 6.54 Å². The van der Waals surface area contributed by atoms with E-state index in [1.807, 2.05) is 0 Å². The lowest BCUT2D eigenvalue weighted by atomic mass is 9.78. The molecule has 1 aromatic carbocycles. The first-order valence-electron chi connectivity index (χ1n) is 6.62. The highest BCUT2D eigenvalue weighted by Gasteiger charge is 2.28. The maximum atomic E-state index is 3.59. The molecule has 0 saturated carbocycles. The molecule has 1 aromatic rings. The molecule has 0 fully saturated rings. The van der Waals surface area contributed by atoms with Crippen molar-refractivity contribution < 1.29 is 0 Å². The lowest BCUT2D eigenvalue weighted by molar-refractivity contribution is 0.575. The molecule has 1 nitrogen and oxygen atoms in total. The highest BCUT2D eigenvalue weighted by atomic mass is 14.9. The van der Waals surface area contributed by atoms with Crippen molar-refractivity contribution in [3.63, 3.8) is 0 Å². The Labute approximate surface area is 106 Å². The fraction of sp³-hybridized carbons (Fsp3) is 0.625. The summed E-state index contributed by atoms with van der Waals surface area (Å²) >= 11 is 0. The topological polar surface area (TPSA) is 12.0 Å². The van der Waals surface area contributed by atoms with Gasteiger partial charge in [0, 0.05) is 12.2 Å². The number of anilines is 1. The quantitative estimate of drug-likeness (QED) is 0.704. The van der Waals surface area contributed by atoms with Gasteiger partial charge in [-0.2, -0.15) is 0 Å². The average Bonchev–Trinajstić information content (AvgIpc) is 2.60. The average molecular weight is 231 g/mol. The number of fused-ring (bicyclic) bond motifs is 1. The molecule has 1 heterocycles. The normalized spacial score (nSPS) is 15.6. The van der Waals surface area contributed by atoms with Crippen LogP contribution < -0.4 is 5.32 Å². The molecule has 0 atom stereocenters. The maximum Gasteiger partial charge on any atom is 0.0414 e. The first-order valence-corrected chi connectivity index (χ1v) is 6.62. The fourth-order valence-corrected chi connectivity index (χ4v) is 2.75. The molecule has 0 saturated heterocycles. The van der Waals surface area contributed by atoms with Crippen LogP contribution in [0.15, 0.2) is 12.1 Å². The number of hydrogen-bond acceptors (Lipinski definition) is 1. The third kappa shape index (κ3) is 2.20. The lowest BCUT2D eigenvalue weighted by Crippen LogP contribution is -2.17. The molecular weight excluding hydrogens is 206 g/mol. The molecule has 0 spiro atoms. The van der Waals surface area contributed by atoms with Crippen LogP contribution in [0.3, 0.4) is 0 Å². The predicted octanol–water partition coefficient (Wildman–Crippen LogP) is 4.25. The van der Waals surface area contributed by atoms with Gasteiger partial charge >= 0.3 is 0 Å². The van der Waals surface area contributed by atoms with E-state index in [-0.39, 0.29) is 10.8 Å². The van der Waals surface area contributed by atoms with Crippen LogP contribution >= 0.6 is 0 Å². The summed E-state index contributed by atoms with van der Waals surface area (Å²) in [6.45, 7) is 14.9. The zero-order valence-electron chi connectivity index (χ0n) is 12.1. The number of hydrogen-bond donors (Lipinski definition) is 1. The van der Waals surface area contributed by atoms with Crippen molar-refractivity contribution in [2.75, 3.05) is 11.9 Å². The number of benzene rings is 1. The molecule has 0 aliphatic carbocycles. The summed E-state index contributed by atoms with van der Waals surface area (Å²) in [7, 11) is 0. The Morgan fingerprint density at radius 1 is 0.882 bits per heavy atom. The molecule has 1 N–H and O–H groups in total. The van der Waals surface area contributed by atoms with Crippen LogP contribution in [-0.2, 0) is 17.3 Å². The molecule has 0 aromatic heterocycles. The first-order chi connectivity index (χ1) is 7.71. The van der Waals surface area contributed by atoms with Gasteiger partial charge in [0.1, 0.15) is 0 Å². The van der Waals surface area contributed by atoms with Crippen molar-refractivity contribution in [1.82, 2.24) is 0 Å². The van der Waals surface area contributed by atoms with E-state index in [0.29, 0.717) is 0 Å². The van der Waals surface area contributed by atoms with Crippen molar-refractivity contribution in [2.45, 2.75) is 58.8 Å². The second-order valence-corrected chi connectivity index (χ2v) is 7.19. The molecular formula is C16H25N. The second-order valence-electron chi connectivity index (χ2n) is 7.19.